The second-order valence-corrected chi connectivity index (χ2v) is 5.58. The fraction of sp³-hybridized carbons (Fsp3) is 0.533. The third-order valence-corrected chi connectivity index (χ3v) is 3.90. The molecular weight excluding hydrogens is 260 g/mol. The summed E-state index contributed by atoms with van der Waals surface area (Å²) in [6, 6.07) is 6.43. The van der Waals surface area contributed by atoms with E-state index in [9.17, 15) is 0 Å². The third kappa shape index (κ3) is 2.63. The van der Waals surface area contributed by atoms with Gasteiger partial charge in [-0.05, 0) is 37.5 Å². The Balaban J connectivity index is 2.00. The van der Waals surface area contributed by atoms with Gasteiger partial charge in [0.1, 0.15) is 5.82 Å². The molecule has 1 atom stereocenters. The molecule has 1 aromatic heterocycles. The summed E-state index contributed by atoms with van der Waals surface area (Å²) in [7, 11) is 0. The van der Waals surface area contributed by atoms with Gasteiger partial charge in [0.05, 0.1) is 23.7 Å². The molecule has 1 aliphatic rings. The molecule has 1 aromatic carbocycles. The van der Waals surface area contributed by atoms with Crippen LogP contribution in [-0.4, -0.2) is 28.1 Å². The summed E-state index contributed by atoms with van der Waals surface area (Å²) in [5, 5.41) is 0. The molecule has 0 spiro atoms. The second kappa shape index (κ2) is 5.51. The maximum absolute atomic E-state index is 5.90. The van der Waals surface area contributed by atoms with Gasteiger partial charge in [-0.2, -0.15) is 0 Å². The minimum Gasteiger partial charge on any atom is -0.376 e. The Kier molecular flexibility index (Phi) is 3.76. The molecule has 0 bridgehead atoms. The molecular formula is C15H19ClN2O. The van der Waals surface area contributed by atoms with Crippen molar-refractivity contribution in [3.8, 4) is 0 Å². The lowest BCUT2D eigenvalue weighted by atomic mass is 10.2. The van der Waals surface area contributed by atoms with Crippen LogP contribution in [0, 0.1) is 6.92 Å². The Morgan fingerprint density at radius 2 is 2.37 bits per heavy atom. The van der Waals surface area contributed by atoms with Crippen LogP contribution in [0.25, 0.3) is 11.0 Å². The first-order chi connectivity index (χ1) is 9.28. The number of alkyl halides is 1. The molecule has 4 heteroatoms. The summed E-state index contributed by atoms with van der Waals surface area (Å²) < 4.78 is 8.04. The SMILES string of the molecule is Cc1ccc2c(c1)nc(CCCl)n2CC1CCCO1. The normalized spacial score (nSPS) is 19.4. The van der Waals surface area contributed by atoms with Gasteiger partial charge in [0, 0.05) is 18.9 Å². The minimum atomic E-state index is 0.327. The van der Waals surface area contributed by atoms with Crippen molar-refractivity contribution in [3.63, 3.8) is 0 Å². The number of rotatable bonds is 4. The van der Waals surface area contributed by atoms with E-state index in [0.29, 0.717) is 12.0 Å². The zero-order valence-electron chi connectivity index (χ0n) is 11.2. The first-order valence-corrected chi connectivity index (χ1v) is 7.44. The van der Waals surface area contributed by atoms with Crippen LogP contribution >= 0.6 is 11.6 Å². The molecule has 19 heavy (non-hydrogen) atoms. The van der Waals surface area contributed by atoms with Gasteiger partial charge >= 0.3 is 0 Å². The molecule has 3 nitrogen and oxygen atoms in total. The van der Waals surface area contributed by atoms with Crippen molar-refractivity contribution in [1.29, 1.82) is 0 Å². The summed E-state index contributed by atoms with van der Waals surface area (Å²) in [6.45, 7) is 3.88. The van der Waals surface area contributed by atoms with Crippen molar-refractivity contribution in [1.82, 2.24) is 9.55 Å². The fourth-order valence-corrected chi connectivity index (χ4v) is 2.93. The number of halogens is 1. The Hall–Kier alpha value is -1.06. The number of imidazole rings is 1. The van der Waals surface area contributed by atoms with Crippen LogP contribution in [-0.2, 0) is 17.7 Å². The molecule has 3 rings (SSSR count). The maximum Gasteiger partial charge on any atom is 0.111 e. The second-order valence-electron chi connectivity index (χ2n) is 5.20. The highest BCUT2D eigenvalue weighted by Gasteiger charge is 2.19. The lowest BCUT2D eigenvalue weighted by Gasteiger charge is -2.13. The topological polar surface area (TPSA) is 27.1 Å². The van der Waals surface area contributed by atoms with Crippen LogP contribution in [0.4, 0.5) is 0 Å². The van der Waals surface area contributed by atoms with E-state index < -0.39 is 0 Å². The standard InChI is InChI=1S/C15H19ClN2O/c1-11-4-5-14-13(9-11)17-15(6-7-16)18(14)10-12-3-2-8-19-12/h4-5,9,12H,2-3,6-8,10H2,1H3. The average Bonchev–Trinajstić information content (AvgIpc) is 2.99. The van der Waals surface area contributed by atoms with Gasteiger partial charge in [-0.25, -0.2) is 4.98 Å². The van der Waals surface area contributed by atoms with E-state index in [0.717, 1.165) is 37.3 Å². The molecule has 1 unspecified atom stereocenters. The van der Waals surface area contributed by atoms with Crippen LogP contribution in [0.15, 0.2) is 18.2 Å². The minimum absolute atomic E-state index is 0.327. The van der Waals surface area contributed by atoms with Gasteiger partial charge in [0.2, 0.25) is 0 Å². The van der Waals surface area contributed by atoms with Crippen LogP contribution in [0.2, 0.25) is 0 Å². The molecule has 1 aliphatic heterocycles. The predicted octanol–water partition coefficient (Wildman–Crippen LogP) is 3.31. The molecule has 102 valence electrons. The van der Waals surface area contributed by atoms with Crippen LogP contribution in [0.1, 0.15) is 24.2 Å². The molecule has 2 heterocycles. The highest BCUT2D eigenvalue weighted by atomic mass is 35.5. The van der Waals surface area contributed by atoms with Crippen molar-refractivity contribution >= 4 is 22.6 Å². The first-order valence-electron chi connectivity index (χ1n) is 6.91. The quantitative estimate of drug-likeness (QED) is 0.803. The number of benzene rings is 1. The smallest absolute Gasteiger partial charge is 0.111 e. The summed E-state index contributed by atoms with van der Waals surface area (Å²) in [6.07, 6.45) is 3.45. The van der Waals surface area contributed by atoms with Crippen LogP contribution in [0.3, 0.4) is 0 Å². The van der Waals surface area contributed by atoms with Gasteiger partial charge in [0.25, 0.3) is 0 Å². The van der Waals surface area contributed by atoms with Crippen molar-refractivity contribution in [2.45, 2.75) is 38.8 Å². The van der Waals surface area contributed by atoms with Crippen molar-refractivity contribution in [2.75, 3.05) is 12.5 Å². The number of nitrogens with zero attached hydrogens (tertiary/aromatic N) is 2. The van der Waals surface area contributed by atoms with Crippen molar-refractivity contribution < 1.29 is 4.74 Å². The van der Waals surface area contributed by atoms with E-state index in [1.54, 1.807) is 0 Å². The Bertz CT molecular complexity index is 573. The highest BCUT2D eigenvalue weighted by molar-refractivity contribution is 6.17. The van der Waals surface area contributed by atoms with Gasteiger partial charge in [-0.15, -0.1) is 11.6 Å². The van der Waals surface area contributed by atoms with Crippen LogP contribution in [0.5, 0.6) is 0 Å². The summed E-state index contributed by atoms with van der Waals surface area (Å²) in [4.78, 5) is 4.73. The molecule has 0 saturated carbocycles. The summed E-state index contributed by atoms with van der Waals surface area (Å²) >= 11 is 5.90. The summed E-state index contributed by atoms with van der Waals surface area (Å²) in [5.41, 5.74) is 3.51. The van der Waals surface area contributed by atoms with Gasteiger partial charge in [-0.3, -0.25) is 0 Å². The molecule has 1 saturated heterocycles. The van der Waals surface area contributed by atoms with Gasteiger partial charge < -0.3 is 9.30 Å². The molecule has 0 amide bonds. The number of hydrogen-bond acceptors (Lipinski definition) is 2. The molecule has 0 N–H and O–H groups in total. The van der Waals surface area contributed by atoms with E-state index in [1.807, 2.05) is 0 Å². The highest BCUT2D eigenvalue weighted by Crippen LogP contribution is 2.22. The number of aryl methyl sites for hydroxylation is 2. The lowest BCUT2D eigenvalue weighted by molar-refractivity contribution is 0.0972. The van der Waals surface area contributed by atoms with E-state index in [1.165, 1.54) is 17.5 Å². The largest absolute Gasteiger partial charge is 0.376 e. The van der Waals surface area contributed by atoms with Crippen molar-refractivity contribution in [2.24, 2.45) is 0 Å². The Morgan fingerprint density at radius 3 is 3.11 bits per heavy atom. The van der Waals surface area contributed by atoms with E-state index >= 15 is 0 Å². The van der Waals surface area contributed by atoms with E-state index in [-0.39, 0.29) is 0 Å². The molecule has 1 fully saturated rings. The zero-order chi connectivity index (χ0) is 13.2. The Labute approximate surface area is 118 Å². The summed E-state index contributed by atoms with van der Waals surface area (Å²) in [5.74, 6) is 1.68. The zero-order valence-corrected chi connectivity index (χ0v) is 12.0. The predicted molar refractivity (Wildman–Crippen MR) is 77.9 cm³/mol. The lowest BCUT2D eigenvalue weighted by Crippen LogP contribution is -2.17. The number of ether oxygens (including phenoxy) is 1. The molecule has 0 aliphatic carbocycles. The van der Waals surface area contributed by atoms with Crippen molar-refractivity contribution in [3.05, 3.63) is 29.6 Å². The van der Waals surface area contributed by atoms with Gasteiger partial charge in [-0.1, -0.05) is 6.07 Å². The molecule has 0 radical (unpaired) electrons. The number of aromatic nitrogens is 2. The van der Waals surface area contributed by atoms with Crippen LogP contribution < -0.4 is 0 Å². The van der Waals surface area contributed by atoms with E-state index in [4.69, 9.17) is 21.3 Å². The van der Waals surface area contributed by atoms with E-state index in [2.05, 4.69) is 29.7 Å². The third-order valence-electron chi connectivity index (χ3n) is 3.71. The molecule has 2 aromatic rings. The average molecular weight is 279 g/mol. The maximum atomic E-state index is 5.90. The van der Waals surface area contributed by atoms with Gasteiger partial charge in [0.15, 0.2) is 0 Å². The fourth-order valence-electron chi connectivity index (χ4n) is 2.76. The Morgan fingerprint density at radius 1 is 1.47 bits per heavy atom. The monoisotopic (exact) mass is 278 g/mol. The number of hydrogen-bond donors (Lipinski definition) is 0. The number of fused-ring (bicyclic) bond motifs is 1. The first kappa shape index (κ1) is 12.9.